The van der Waals surface area contributed by atoms with Crippen molar-refractivity contribution in [2.45, 2.75) is 6.92 Å². The van der Waals surface area contributed by atoms with Crippen LogP contribution in [-0.4, -0.2) is 24.2 Å². The van der Waals surface area contributed by atoms with Crippen LogP contribution in [0.25, 0.3) is 0 Å². The molecular weight excluding hydrogens is 200 g/mol. The molecule has 1 rings (SSSR count). The molecule has 1 aromatic rings. The van der Waals surface area contributed by atoms with E-state index in [-0.39, 0.29) is 18.1 Å². The van der Waals surface area contributed by atoms with Crippen molar-refractivity contribution in [1.29, 1.82) is 0 Å². The number of hydrogen-bond donors (Lipinski definition) is 1. The molecule has 0 aliphatic rings. The van der Waals surface area contributed by atoms with Gasteiger partial charge in [-0.15, -0.1) is 0 Å². The third-order valence-corrected chi connectivity index (χ3v) is 1.58. The van der Waals surface area contributed by atoms with Crippen molar-refractivity contribution in [2.24, 2.45) is 0 Å². The lowest BCUT2D eigenvalue weighted by Gasteiger charge is -2.05. The number of phenolic OH excluding ortho intramolecular Hbond substituents is 1. The Labute approximate surface area is 86.2 Å². The molecule has 0 radical (unpaired) electrons. The standard InChI is InChI=1S/C10H10O5/c1-2-14-10(13)15-9-5-7(6-11)3-4-8(9)12/h3-6,12H,2H2,1H3. The fourth-order valence-electron chi connectivity index (χ4n) is 0.923. The third kappa shape index (κ3) is 2.98. The molecule has 5 heteroatoms. The smallest absolute Gasteiger partial charge is 0.504 e. The van der Waals surface area contributed by atoms with Crippen molar-refractivity contribution in [3.8, 4) is 11.5 Å². The van der Waals surface area contributed by atoms with Gasteiger partial charge in [-0.2, -0.15) is 0 Å². The van der Waals surface area contributed by atoms with Gasteiger partial charge in [-0.05, 0) is 25.1 Å². The predicted molar refractivity (Wildman–Crippen MR) is 51.1 cm³/mol. The maximum absolute atomic E-state index is 10.9. The average molecular weight is 210 g/mol. The number of carbonyl (C=O) groups is 2. The van der Waals surface area contributed by atoms with Crippen LogP contribution in [-0.2, 0) is 4.74 Å². The number of aldehydes is 1. The number of hydrogen-bond acceptors (Lipinski definition) is 5. The van der Waals surface area contributed by atoms with Crippen molar-refractivity contribution < 1.29 is 24.2 Å². The van der Waals surface area contributed by atoms with Crippen LogP contribution in [0.5, 0.6) is 11.5 Å². The van der Waals surface area contributed by atoms with Crippen molar-refractivity contribution in [1.82, 2.24) is 0 Å². The highest BCUT2D eigenvalue weighted by Gasteiger charge is 2.09. The van der Waals surface area contributed by atoms with E-state index in [4.69, 9.17) is 0 Å². The highest BCUT2D eigenvalue weighted by molar-refractivity contribution is 5.77. The van der Waals surface area contributed by atoms with Gasteiger partial charge >= 0.3 is 6.16 Å². The average Bonchev–Trinajstić information content (AvgIpc) is 2.21. The van der Waals surface area contributed by atoms with Gasteiger partial charge in [0.15, 0.2) is 11.5 Å². The molecule has 5 nitrogen and oxygen atoms in total. The van der Waals surface area contributed by atoms with Crippen LogP contribution in [0, 0.1) is 0 Å². The van der Waals surface area contributed by atoms with E-state index >= 15 is 0 Å². The molecule has 0 fully saturated rings. The third-order valence-electron chi connectivity index (χ3n) is 1.58. The van der Waals surface area contributed by atoms with Gasteiger partial charge in [-0.3, -0.25) is 4.79 Å². The summed E-state index contributed by atoms with van der Waals surface area (Å²) in [6, 6.07) is 3.91. The topological polar surface area (TPSA) is 72.8 Å². The molecule has 0 amide bonds. The van der Waals surface area contributed by atoms with Gasteiger partial charge < -0.3 is 14.6 Å². The molecule has 0 bridgehead atoms. The summed E-state index contributed by atoms with van der Waals surface area (Å²) < 4.78 is 9.17. The maximum Gasteiger partial charge on any atom is 0.513 e. The molecule has 0 aliphatic carbocycles. The summed E-state index contributed by atoms with van der Waals surface area (Å²) in [6.07, 6.45) is -0.340. The normalized spacial score (nSPS) is 9.40. The first-order valence-electron chi connectivity index (χ1n) is 4.30. The summed E-state index contributed by atoms with van der Waals surface area (Å²) >= 11 is 0. The Hall–Kier alpha value is -2.04. The van der Waals surface area contributed by atoms with Gasteiger partial charge in [0.05, 0.1) is 6.61 Å². The van der Waals surface area contributed by atoms with E-state index < -0.39 is 6.16 Å². The predicted octanol–water partition coefficient (Wildman–Crippen LogP) is 1.74. The molecular formula is C10H10O5. The Morgan fingerprint density at radius 1 is 1.53 bits per heavy atom. The van der Waals surface area contributed by atoms with Gasteiger partial charge in [-0.1, -0.05) is 0 Å². The lowest BCUT2D eigenvalue weighted by Crippen LogP contribution is -2.10. The summed E-state index contributed by atoms with van der Waals surface area (Å²) in [7, 11) is 0. The van der Waals surface area contributed by atoms with E-state index in [1.165, 1.54) is 18.2 Å². The highest BCUT2D eigenvalue weighted by Crippen LogP contribution is 2.26. The second-order valence-electron chi connectivity index (χ2n) is 2.63. The lowest BCUT2D eigenvalue weighted by atomic mass is 10.2. The van der Waals surface area contributed by atoms with Gasteiger partial charge in [0, 0.05) is 5.56 Å². The molecule has 0 heterocycles. The van der Waals surface area contributed by atoms with Crippen LogP contribution in [0.4, 0.5) is 4.79 Å². The van der Waals surface area contributed by atoms with Crippen molar-refractivity contribution in [2.75, 3.05) is 6.61 Å². The zero-order chi connectivity index (χ0) is 11.3. The van der Waals surface area contributed by atoms with E-state index in [0.29, 0.717) is 11.8 Å². The van der Waals surface area contributed by atoms with E-state index in [1.807, 2.05) is 0 Å². The van der Waals surface area contributed by atoms with Crippen molar-refractivity contribution >= 4 is 12.4 Å². The van der Waals surface area contributed by atoms with Crippen molar-refractivity contribution in [3.05, 3.63) is 23.8 Å². The summed E-state index contributed by atoms with van der Waals surface area (Å²) in [4.78, 5) is 21.3. The van der Waals surface area contributed by atoms with Crippen LogP contribution >= 0.6 is 0 Å². The number of carbonyl (C=O) groups excluding carboxylic acids is 2. The zero-order valence-corrected chi connectivity index (χ0v) is 8.10. The summed E-state index contributed by atoms with van der Waals surface area (Å²) in [6.45, 7) is 1.80. The van der Waals surface area contributed by atoms with Crippen LogP contribution in [0.3, 0.4) is 0 Å². The van der Waals surface area contributed by atoms with Crippen LogP contribution in [0.15, 0.2) is 18.2 Å². The fourth-order valence-corrected chi connectivity index (χ4v) is 0.923. The van der Waals surface area contributed by atoms with E-state index in [2.05, 4.69) is 9.47 Å². The molecule has 80 valence electrons. The minimum atomic E-state index is -0.921. The fraction of sp³-hybridized carbons (Fsp3) is 0.200. The van der Waals surface area contributed by atoms with Crippen LogP contribution < -0.4 is 4.74 Å². The Morgan fingerprint density at radius 2 is 2.27 bits per heavy atom. The molecule has 1 aromatic carbocycles. The minimum absolute atomic E-state index is 0.0990. The summed E-state index contributed by atoms with van der Waals surface area (Å²) in [5, 5.41) is 9.30. The SMILES string of the molecule is CCOC(=O)Oc1cc(C=O)ccc1O. The quantitative estimate of drug-likeness (QED) is 0.467. The van der Waals surface area contributed by atoms with E-state index in [0.717, 1.165) is 0 Å². The number of benzene rings is 1. The maximum atomic E-state index is 10.9. The van der Waals surface area contributed by atoms with Gasteiger partial charge in [0.25, 0.3) is 0 Å². The highest BCUT2D eigenvalue weighted by atomic mass is 16.7. The first-order chi connectivity index (χ1) is 7.17. The van der Waals surface area contributed by atoms with Gasteiger partial charge in [-0.25, -0.2) is 4.79 Å². The minimum Gasteiger partial charge on any atom is -0.504 e. The number of aromatic hydroxyl groups is 1. The molecule has 15 heavy (non-hydrogen) atoms. The number of phenols is 1. The Kier molecular flexibility index (Phi) is 3.68. The molecule has 0 aromatic heterocycles. The molecule has 0 unspecified atom stereocenters. The van der Waals surface area contributed by atoms with Crippen molar-refractivity contribution in [3.63, 3.8) is 0 Å². The molecule has 1 N–H and O–H groups in total. The summed E-state index contributed by atoms with van der Waals surface area (Å²) in [5.74, 6) is -0.327. The van der Waals surface area contributed by atoms with Gasteiger partial charge in [0.2, 0.25) is 0 Å². The Bertz CT molecular complexity index is 372. The molecule has 0 saturated carbocycles. The molecule has 0 spiro atoms. The van der Waals surface area contributed by atoms with E-state index in [9.17, 15) is 14.7 Å². The monoisotopic (exact) mass is 210 g/mol. The van der Waals surface area contributed by atoms with Crippen LogP contribution in [0.2, 0.25) is 0 Å². The number of rotatable bonds is 3. The second-order valence-corrected chi connectivity index (χ2v) is 2.63. The first kappa shape index (κ1) is 11.0. The lowest BCUT2D eigenvalue weighted by molar-refractivity contribution is 0.102. The summed E-state index contributed by atoms with van der Waals surface area (Å²) in [5.41, 5.74) is 0.298. The zero-order valence-electron chi connectivity index (χ0n) is 8.10. The largest absolute Gasteiger partial charge is 0.513 e. The Balaban J connectivity index is 2.83. The molecule has 0 atom stereocenters. The van der Waals surface area contributed by atoms with E-state index in [1.54, 1.807) is 6.92 Å². The first-order valence-corrected chi connectivity index (χ1v) is 4.30. The molecule has 0 aliphatic heterocycles. The Morgan fingerprint density at radius 3 is 2.87 bits per heavy atom. The van der Waals surface area contributed by atoms with Crippen LogP contribution in [0.1, 0.15) is 17.3 Å². The molecule has 0 saturated heterocycles. The number of ether oxygens (including phenoxy) is 2. The van der Waals surface area contributed by atoms with Gasteiger partial charge in [0.1, 0.15) is 6.29 Å². The second kappa shape index (κ2) is 4.99.